The van der Waals surface area contributed by atoms with Crippen LogP contribution in [0.1, 0.15) is 0 Å². The Balaban J connectivity index is 2.04. The molecule has 1 amide bonds. The fourth-order valence-corrected chi connectivity index (χ4v) is 1.42. The summed E-state index contributed by atoms with van der Waals surface area (Å²) in [5, 5.41) is 0. The number of hydrogen-bond acceptors (Lipinski definition) is 3. The van der Waals surface area contributed by atoms with Gasteiger partial charge in [-0.05, 0) is 0 Å². The molecule has 0 spiro atoms. The molecule has 0 bridgehead atoms. The second-order valence-electron chi connectivity index (χ2n) is 3.06. The number of ether oxygens (including phenoxy) is 2. The lowest BCUT2D eigenvalue weighted by Crippen LogP contribution is -2.47. The number of allylic oxidation sites excluding steroid dienone is 2. The van der Waals surface area contributed by atoms with Crippen LogP contribution in [0.3, 0.4) is 0 Å². The van der Waals surface area contributed by atoms with Crippen molar-refractivity contribution in [2.45, 2.75) is 18.3 Å². The highest BCUT2D eigenvalue weighted by molar-refractivity contribution is 5.79. The standard InChI is InChI=1S/C9H11NO3/c10-9(11)8-5-12-6-3-1-2-4-7(6)13-8/h1-4,6-8H,5H2,(H2,10,11). The van der Waals surface area contributed by atoms with Gasteiger partial charge in [-0.25, -0.2) is 0 Å². The van der Waals surface area contributed by atoms with Crippen molar-refractivity contribution >= 4 is 5.91 Å². The molecule has 1 saturated heterocycles. The molecule has 0 aromatic rings. The minimum atomic E-state index is -0.614. The summed E-state index contributed by atoms with van der Waals surface area (Å²) in [7, 11) is 0. The van der Waals surface area contributed by atoms with Crippen LogP contribution in [-0.2, 0) is 14.3 Å². The molecule has 4 heteroatoms. The van der Waals surface area contributed by atoms with Gasteiger partial charge < -0.3 is 15.2 Å². The van der Waals surface area contributed by atoms with Gasteiger partial charge in [-0.15, -0.1) is 0 Å². The average molecular weight is 181 g/mol. The predicted octanol–water partition coefficient (Wildman–Crippen LogP) is -0.250. The van der Waals surface area contributed by atoms with Gasteiger partial charge in [-0.2, -0.15) is 0 Å². The Morgan fingerprint density at radius 3 is 2.69 bits per heavy atom. The Labute approximate surface area is 76.0 Å². The Bertz CT molecular complexity index is 272. The zero-order valence-electron chi connectivity index (χ0n) is 7.05. The van der Waals surface area contributed by atoms with E-state index in [9.17, 15) is 4.79 Å². The van der Waals surface area contributed by atoms with Crippen molar-refractivity contribution in [2.75, 3.05) is 6.61 Å². The maximum absolute atomic E-state index is 10.8. The lowest BCUT2D eigenvalue weighted by molar-refractivity contribution is -0.165. The molecule has 1 aliphatic heterocycles. The van der Waals surface area contributed by atoms with E-state index >= 15 is 0 Å². The van der Waals surface area contributed by atoms with E-state index in [0.717, 1.165) is 0 Å². The van der Waals surface area contributed by atoms with Gasteiger partial charge in [-0.3, -0.25) is 4.79 Å². The predicted molar refractivity (Wildman–Crippen MR) is 45.9 cm³/mol. The number of primary amides is 1. The van der Waals surface area contributed by atoms with E-state index < -0.39 is 12.0 Å². The van der Waals surface area contributed by atoms with E-state index in [0.29, 0.717) is 0 Å². The molecule has 0 aromatic heterocycles. The van der Waals surface area contributed by atoms with E-state index in [-0.39, 0.29) is 18.8 Å². The number of carbonyl (C=O) groups excluding carboxylic acids is 1. The maximum Gasteiger partial charge on any atom is 0.249 e. The molecule has 2 N–H and O–H groups in total. The molecule has 2 aliphatic rings. The lowest BCUT2D eigenvalue weighted by Gasteiger charge is -2.33. The highest BCUT2D eigenvalue weighted by atomic mass is 16.6. The Morgan fingerprint density at radius 2 is 2.00 bits per heavy atom. The summed E-state index contributed by atoms with van der Waals surface area (Å²) < 4.78 is 10.8. The first-order valence-electron chi connectivity index (χ1n) is 4.19. The third-order valence-electron chi connectivity index (χ3n) is 2.12. The van der Waals surface area contributed by atoms with Crippen LogP contribution in [0.5, 0.6) is 0 Å². The average Bonchev–Trinajstić information content (AvgIpc) is 2.17. The summed E-state index contributed by atoms with van der Waals surface area (Å²) in [4.78, 5) is 10.8. The summed E-state index contributed by atoms with van der Waals surface area (Å²) in [6.07, 6.45) is 6.68. The van der Waals surface area contributed by atoms with Crippen molar-refractivity contribution in [1.82, 2.24) is 0 Å². The first-order valence-corrected chi connectivity index (χ1v) is 4.19. The normalized spacial score (nSPS) is 37.1. The number of rotatable bonds is 1. The van der Waals surface area contributed by atoms with Gasteiger partial charge in [0.05, 0.1) is 6.61 Å². The molecule has 0 saturated carbocycles. The lowest BCUT2D eigenvalue weighted by atomic mass is 10.1. The molecule has 1 aliphatic carbocycles. The molecule has 3 unspecified atom stereocenters. The fourth-order valence-electron chi connectivity index (χ4n) is 1.42. The number of hydrogen-bond donors (Lipinski definition) is 1. The molecule has 1 fully saturated rings. The maximum atomic E-state index is 10.8. The molecule has 4 nitrogen and oxygen atoms in total. The van der Waals surface area contributed by atoms with Gasteiger partial charge in [-0.1, -0.05) is 24.3 Å². The van der Waals surface area contributed by atoms with Gasteiger partial charge >= 0.3 is 0 Å². The van der Waals surface area contributed by atoms with Crippen molar-refractivity contribution in [3.8, 4) is 0 Å². The number of amides is 1. The van der Waals surface area contributed by atoms with Gasteiger partial charge in [0.25, 0.3) is 0 Å². The van der Waals surface area contributed by atoms with Crippen LogP contribution in [-0.4, -0.2) is 30.8 Å². The summed E-state index contributed by atoms with van der Waals surface area (Å²) in [5.41, 5.74) is 5.10. The molecule has 13 heavy (non-hydrogen) atoms. The quantitative estimate of drug-likeness (QED) is 0.606. The topological polar surface area (TPSA) is 61.6 Å². The SMILES string of the molecule is NC(=O)C1COC2C=CC=CC2O1. The van der Waals surface area contributed by atoms with E-state index in [4.69, 9.17) is 15.2 Å². The second kappa shape index (κ2) is 3.32. The summed E-state index contributed by atoms with van der Waals surface area (Å²) in [6.45, 7) is 0.245. The van der Waals surface area contributed by atoms with Crippen molar-refractivity contribution in [3.63, 3.8) is 0 Å². The van der Waals surface area contributed by atoms with Crippen molar-refractivity contribution in [1.29, 1.82) is 0 Å². The van der Waals surface area contributed by atoms with E-state index in [1.165, 1.54) is 0 Å². The molecule has 2 rings (SSSR count). The van der Waals surface area contributed by atoms with Gasteiger partial charge in [0, 0.05) is 0 Å². The Hall–Kier alpha value is -1.13. The van der Waals surface area contributed by atoms with Crippen molar-refractivity contribution in [2.24, 2.45) is 5.73 Å². The third kappa shape index (κ3) is 1.64. The Kier molecular flexibility index (Phi) is 2.16. The van der Waals surface area contributed by atoms with Crippen LogP contribution in [0.25, 0.3) is 0 Å². The Morgan fingerprint density at radius 1 is 1.31 bits per heavy atom. The molecular formula is C9H11NO3. The molecule has 70 valence electrons. The summed E-state index contributed by atoms with van der Waals surface area (Å²) >= 11 is 0. The van der Waals surface area contributed by atoms with Crippen molar-refractivity contribution < 1.29 is 14.3 Å². The third-order valence-corrected chi connectivity index (χ3v) is 2.12. The number of nitrogens with two attached hydrogens (primary N) is 1. The van der Waals surface area contributed by atoms with Crippen LogP contribution < -0.4 is 5.73 Å². The molecule has 0 radical (unpaired) electrons. The monoisotopic (exact) mass is 181 g/mol. The summed E-state index contributed by atoms with van der Waals surface area (Å²) in [6, 6.07) is 0. The largest absolute Gasteiger partial charge is 0.368 e. The molecule has 3 atom stereocenters. The van der Waals surface area contributed by atoms with Crippen LogP contribution >= 0.6 is 0 Å². The summed E-state index contributed by atoms with van der Waals surface area (Å²) in [5.74, 6) is -0.471. The minimum absolute atomic E-state index is 0.0689. The zero-order chi connectivity index (χ0) is 9.26. The van der Waals surface area contributed by atoms with E-state index in [1.54, 1.807) is 0 Å². The molecule has 1 heterocycles. The fraction of sp³-hybridized carbons (Fsp3) is 0.444. The zero-order valence-corrected chi connectivity index (χ0v) is 7.05. The number of fused-ring (bicyclic) bond motifs is 1. The van der Waals surface area contributed by atoms with Crippen LogP contribution in [0.15, 0.2) is 24.3 Å². The van der Waals surface area contributed by atoms with Crippen LogP contribution in [0.2, 0.25) is 0 Å². The molecule has 0 aromatic carbocycles. The van der Waals surface area contributed by atoms with E-state index in [1.807, 2.05) is 24.3 Å². The first-order chi connectivity index (χ1) is 6.27. The minimum Gasteiger partial charge on any atom is -0.368 e. The van der Waals surface area contributed by atoms with E-state index in [2.05, 4.69) is 0 Å². The van der Waals surface area contributed by atoms with Gasteiger partial charge in [0.1, 0.15) is 12.2 Å². The van der Waals surface area contributed by atoms with Gasteiger partial charge in [0.2, 0.25) is 5.91 Å². The molecular weight excluding hydrogens is 170 g/mol. The van der Waals surface area contributed by atoms with Gasteiger partial charge in [0.15, 0.2) is 6.10 Å². The highest BCUT2D eigenvalue weighted by Crippen LogP contribution is 2.19. The van der Waals surface area contributed by atoms with Crippen LogP contribution in [0, 0.1) is 0 Å². The van der Waals surface area contributed by atoms with Crippen molar-refractivity contribution in [3.05, 3.63) is 24.3 Å². The second-order valence-corrected chi connectivity index (χ2v) is 3.06. The highest BCUT2D eigenvalue weighted by Gasteiger charge is 2.32. The first kappa shape index (κ1) is 8.47. The smallest absolute Gasteiger partial charge is 0.249 e. The number of carbonyl (C=O) groups is 1. The van der Waals surface area contributed by atoms with Crippen LogP contribution in [0.4, 0.5) is 0 Å².